The summed E-state index contributed by atoms with van der Waals surface area (Å²) in [4.78, 5) is 23.2. The summed E-state index contributed by atoms with van der Waals surface area (Å²) in [5, 5.41) is 4.31. The molecule has 0 N–H and O–H groups in total. The Morgan fingerprint density at radius 1 is 1.29 bits per heavy atom. The molecule has 2 aromatic rings. The number of hydrogen-bond donors (Lipinski definition) is 0. The molecule has 0 fully saturated rings. The van der Waals surface area contributed by atoms with E-state index in [1.54, 1.807) is 24.3 Å². The van der Waals surface area contributed by atoms with E-state index in [0.717, 1.165) is 4.68 Å². The molecule has 5 heteroatoms. The maximum atomic E-state index is 11.9. The van der Waals surface area contributed by atoms with Crippen LogP contribution in [0.15, 0.2) is 47.4 Å². The van der Waals surface area contributed by atoms with Gasteiger partial charge in [-0.3, -0.25) is 9.59 Å². The van der Waals surface area contributed by atoms with Gasteiger partial charge in [0.15, 0.2) is 5.78 Å². The lowest BCUT2D eigenvalue weighted by molar-refractivity contribution is 0.0965. The van der Waals surface area contributed by atoms with Gasteiger partial charge in [-0.2, -0.15) is 5.10 Å². The van der Waals surface area contributed by atoms with Gasteiger partial charge >= 0.3 is 0 Å². The molecule has 0 aliphatic heterocycles. The molecule has 0 saturated carbocycles. The van der Waals surface area contributed by atoms with Crippen LogP contribution in [0.25, 0.3) is 0 Å². The molecule has 2 rings (SSSR count). The second-order valence-electron chi connectivity index (χ2n) is 3.45. The fraction of sp³-hybridized carbons (Fsp3) is 0.0833. The fourth-order valence-electron chi connectivity index (χ4n) is 1.40. The predicted octanol–water partition coefficient (Wildman–Crippen LogP) is 1.78. The van der Waals surface area contributed by atoms with Crippen LogP contribution < -0.4 is 5.56 Å². The van der Waals surface area contributed by atoms with Crippen molar-refractivity contribution >= 4 is 17.4 Å². The summed E-state index contributed by atoms with van der Waals surface area (Å²) >= 11 is 5.79. The van der Waals surface area contributed by atoms with Crippen molar-refractivity contribution in [3.05, 3.63) is 63.5 Å². The van der Waals surface area contributed by atoms with E-state index in [1.165, 1.54) is 18.3 Å². The number of rotatable bonds is 3. The predicted molar refractivity (Wildman–Crippen MR) is 64.3 cm³/mol. The molecule has 0 aliphatic carbocycles. The molecule has 1 aromatic heterocycles. The van der Waals surface area contributed by atoms with Gasteiger partial charge in [0.05, 0.1) is 0 Å². The Balaban J connectivity index is 2.23. The monoisotopic (exact) mass is 248 g/mol. The van der Waals surface area contributed by atoms with Crippen molar-refractivity contribution in [1.29, 1.82) is 0 Å². The van der Waals surface area contributed by atoms with Crippen LogP contribution >= 0.6 is 11.6 Å². The minimum atomic E-state index is -0.303. The van der Waals surface area contributed by atoms with Crippen molar-refractivity contribution in [3.8, 4) is 0 Å². The Bertz CT molecular complexity index is 607. The molecule has 4 nitrogen and oxygen atoms in total. The first kappa shape index (κ1) is 11.5. The topological polar surface area (TPSA) is 52.0 Å². The molecule has 0 spiro atoms. The standard InChI is InChI=1S/C12H9ClN2O2/c13-10-4-1-3-9(7-10)11(16)8-15-12(17)5-2-6-14-15/h1-7H,8H2. The van der Waals surface area contributed by atoms with E-state index in [9.17, 15) is 9.59 Å². The van der Waals surface area contributed by atoms with Crippen LogP contribution in [0.2, 0.25) is 5.02 Å². The van der Waals surface area contributed by atoms with Crippen LogP contribution in [-0.4, -0.2) is 15.6 Å². The van der Waals surface area contributed by atoms with Crippen LogP contribution in [-0.2, 0) is 6.54 Å². The van der Waals surface area contributed by atoms with Gasteiger partial charge < -0.3 is 0 Å². The highest BCUT2D eigenvalue weighted by atomic mass is 35.5. The number of carbonyl (C=O) groups is 1. The number of benzene rings is 1. The van der Waals surface area contributed by atoms with Crippen LogP contribution in [0.3, 0.4) is 0 Å². The average Bonchev–Trinajstić information content (AvgIpc) is 2.32. The highest BCUT2D eigenvalue weighted by molar-refractivity contribution is 6.31. The molecule has 1 aromatic carbocycles. The summed E-state index contributed by atoms with van der Waals surface area (Å²) in [6, 6.07) is 9.49. The third kappa shape index (κ3) is 2.79. The molecule has 0 radical (unpaired) electrons. The van der Waals surface area contributed by atoms with Crippen molar-refractivity contribution in [3.63, 3.8) is 0 Å². The maximum Gasteiger partial charge on any atom is 0.267 e. The molecule has 1 heterocycles. The lowest BCUT2D eigenvalue weighted by Crippen LogP contribution is -2.25. The maximum absolute atomic E-state index is 11.9. The van der Waals surface area contributed by atoms with Crippen molar-refractivity contribution in [2.75, 3.05) is 0 Å². The highest BCUT2D eigenvalue weighted by Crippen LogP contribution is 2.11. The molecule has 0 bridgehead atoms. The number of Topliss-reactive ketones (excluding diaryl/α,β-unsaturated/α-hetero) is 1. The van der Waals surface area contributed by atoms with E-state index < -0.39 is 0 Å². The zero-order valence-corrected chi connectivity index (χ0v) is 9.59. The molecule has 17 heavy (non-hydrogen) atoms. The zero-order valence-electron chi connectivity index (χ0n) is 8.84. The second kappa shape index (κ2) is 4.93. The number of halogens is 1. The second-order valence-corrected chi connectivity index (χ2v) is 3.89. The molecule has 0 aliphatic rings. The van der Waals surface area contributed by atoms with E-state index in [4.69, 9.17) is 11.6 Å². The fourth-order valence-corrected chi connectivity index (χ4v) is 1.59. The molecule has 0 amide bonds. The number of carbonyl (C=O) groups excluding carboxylic acids is 1. The first-order chi connectivity index (χ1) is 8.16. The molecular formula is C12H9ClN2O2. The summed E-state index contributed by atoms with van der Waals surface area (Å²) in [7, 11) is 0. The molecule has 0 atom stereocenters. The first-order valence-electron chi connectivity index (χ1n) is 4.98. The third-order valence-corrected chi connectivity index (χ3v) is 2.46. The van der Waals surface area contributed by atoms with E-state index in [0.29, 0.717) is 10.6 Å². The van der Waals surface area contributed by atoms with Crippen molar-refractivity contribution < 1.29 is 4.79 Å². The largest absolute Gasteiger partial charge is 0.292 e. The van der Waals surface area contributed by atoms with E-state index in [1.807, 2.05) is 0 Å². The Hall–Kier alpha value is -1.94. The summed E-state index contributed by atoms with van der Waals surface area (Å²) in [5.74, 6) is -0.201. The minimum absolute atomic E-state index is 0.0833. The van der Waals surface area contributed by atoms with E-state index >= 15 is 0 Å². The Morgan fingerprint density at radius 2 is 2.12 bits per heavy atom. The first-order valence-corrected chi connectivity index (χ1v) is 5.35. The average molecular weight is 249 g/mol. The van der Waals surface area contributed by atoms with E-state index in [-0.39, 0.29) is 17.9 Å². The van der Waals surface area contributed by atoms with Crippen LogP contribution in [0.4, 0.5) is 0 Å². The number of aromatic nitrogens is 2. The zero-order chi connectivity index (χ0) is 12.3. The summed E-state index contributed by atoms with van der Waals surface area (Å²) in [5.41, 5.74) is 0.165. The van der Waals surface area contributed by atoms with Gasteiger partial charge in [-0.15, -0.1) is 0 Å². The van der Waals surface area contributed by atoms with Gasteiger partial charge in [-0.05, 0) is 18.2 Å². The number of nitrogens with zero attached hydrogens (tertiary/aromatic N) is 2. The van der Waals surface area contributed by atoms with Crippen LogP contribution in [0, 0.1) is 0 Å². The van der Waals surface area contributed by atoms with Crippen LogP contribution in [0.5, 0.6) is 0 Å². The van der Waals surface area contributed by atoms with Gasteiger partial charge in [-0.1, -0.05) is 23.7 Å². The van der Waals surface area contributed by atoms with Crippen LogP contribution in [0.1, 0.15) is 10.4 Å². The van der Waals surface area contributed by atoms with Crippen molar-refractivity contribution in [2.45, 2.75) is 6.54 Å². The Kier molecular flexibility index (Phi) is 3.35. The van der Waals surface area contributed by atoms with Gasteiger partial charge in [-0.25, -0.2) is 4.68 Å². The summed E-state index contributed by atoms with van der Waals surface area (Å²) in [6.45, 7) is -0.0833. The van der Waals surface area contributed by atoms with Gasteiger partial charge in [0.25, 0.3) is 5.56 Å². The molecule has 0 saturated heterocycles. The lowest BCUT2D eigenvalue weighted by atomic mass is 10.1. The quantitative estimate of drug-likeness (QED) is 0.778. The molecule has 0 unspecified atom stereocenters. The SMILES string of the molecule is O=C(Cn1ncccc1=O)c1cccc(Cl)c1. The van der Waals surface area contributed by atoms with Crippen molar-refractivity contribution in [2.24, 2.45) is 0 Å². The Labute approximate surface area is 102 Å². The van der Waals surface area contributed by atoms with Crippen molar-refractivity contribution in [1.82, 2.24) is 9.78 Å². The number of hydrogen-bond acceptors (Lipinski definition) is 3. The van der Waals surface area contributed by atoms with Gasteiger partial charge in [0.2, 0.25) is 0 Å². The Morgan fingerprint density at radius 3 is 2.82 bits per heavy atom. The van der Waals surface area contributed by atoms with E-state index in [2.05, 4.69) is 5.10 Å². The minimum Gasteiger partial charge on any atom is -0.292 e. The number of ketones is 1. The molecule has 86 valence electrons. The third-order valence-electron chi connectivity index (χ3n) is 2.23. The highest BCUT2D eigenvalue weighted by Gasteiger charge is 2.08. The smallest absolute Gasteiger partial charge is 0.267 e. The molecular weight excluding hydrogens is 240 g/mol. The van der Waals surface area contributed by atoms with Gasteiger partial charge in [0.1, 0.15) is 6.54 Å². The summed E-state index contributed by atoms with van der Waals surface area (Å²) in [6.07, 6.45) is 1.46. The van der Waals surface area contributed by atoms with Gasteiger partial charge in [0, 0.05) is 22.8 Å². The normalized spacial score (nSPS) is 10.2. The lowest BCUT2D eigenvalue weighted by Gasteiger charge is -2.03. The summed E-state index contributed by atoms with van der Waals surface area (Å²) < 4.78 is 1.11.